The second-order valence-corrected chi connectivity index (χ2v) is 7.54. The third-order valence-corrected chi connectivity index (χ3v) is 5.30. The Morgan fingerprint density at radius 3 is 2.43 bits per heavy atom. The normalized spacial score (nSPS) is 11.2. The molecule has 2 N–H and O–H groups in total. The molecule has 3 aromatic rings. The van der Waals surface area contributed by atoms with E-state index in [1.54, 1.807) is 12.1 Å². The maximum Gasteiger partial charge on any atom is 0.320 e. The van der Waals surface area contributed by atoms with Crippen molar-refractivity contribution in [3.05, 3.63) is 66.4 Å². The SMILES string of the molecule is COC(=O)CNS(=O)(=O)c1ccc(NC(=O)c2ccc3ccccc3n2)cc1. The molecule has 0 unspecified atom stereocenters. The lowest BCUT2D eigenvalue weighted by Gasteiger charge is -2.08. The summed E-state index contributed by atoms with van der Waals surface area (Å²) >= 11 is 0. The van der Waals surface area contributed by atoms with Gasteiger partial charge in [-0.15, -0.1) is 0 Å². The molecular formula is C19H17N3O5S. The van der Waals surface area contributed by atoms with Gasteiger partial charge < -0.3 is 10.1 Å². The third-order valence-electron chi connectivity index (χ3n) is 3.89. The van der Waals surface area contributed by atoms with Crippen molar-refractivity contribution in [2.45, 2.75) is 4.90 Å². The van der Waals surface area contributed by atoms with Crippen molar-refractivity contribution in [2.24, 2.45) is 0 Å². The first kappa shape index (κ1) is 19.5. The Balaban J connectivity index is 1.70. The van der Waals surface area contributed by atoms with Crippen LogP contribution >= 0.6 is 0 Å². The van der Waals surface area contributed by atoms with Crippen molar-refractivity contribution < 1.29 is 22.7 Å². The highest BCUT2D eigenvalue weighted by Crippen LogP contribution is 2.16. The van der Waals surface area contributed by atoms with E-state index in [1.165, 1.54) is 31.4 Å². The summed E-state index contributed by atoms with van der Waals surface area (Å²) in [5.74, 6) is -1.11. The number of sulfonamides is 1. The van der Waals surface area contributed by atoms with Crippen LogP contribution in [0.4, 0.5) is 5.69 Å². The summed E-state index contributed by atoms with van der Waals surface area (Å²) in [5, 5.41) is 3.59. The molecule has 0 saturated carbocycles. The first-order valence-corrected chi connectivity index (χ1v) is 9.71. The lowest BCUT2D eigenvalue weighted by Crippen LogP contribution is -2.30. The number of carbonyl (C=O) groups excluding carboxylic acids is 2. The van der Waals surface area contributed by atoms with Crippen LogP contribution in [0.15, 0.2) is 65.6 Å². The number of rotatable bonds is 6. The van der Waals surface area contributed by atoms with Crippen LogP contribution in [0.3, 0.4) is 0 Å². The summed E-state index contributed by atoms with van der Waals surface area (Å²) in [4.78, 5) is 27.7. The number of methoxy groups -OCH3 is 1. The summed E-state index contributed by atoms with van der Waals surface area (Å²) in [5.41, 5.74) is 1.36. The largest absolute Gasteiger partial charge is 0.468 e. The number of anilines is 1. The van der Waals surface area contributed by atoms with Crippen LogP contribution in [0.5, 0.6) is 0 Å². The van der Waals surface area contributed by atoms with E-state index in [1.807, 2.05) is 24.3 Å². The molecule has 0 saturated heterocycles. The minimum Gasteiger partial charge on any atom is -0.468 e. The molecule has 1 heterocycles. The molecular weight excluding hydrogens is 382 g/mol. The van der Waals surface area contributed by atoms with E-state index < -0.39 is 28.4 Å². The summed E-state index contributed by atoms with van der Waals surface area (Å²) < 4.78 is 30.8. The fourth-order valence-electron chi connectivity index (χ4n) is 2.41. The number of nitrogens with zero attached hydrogens (tertiary/aromatic N) is 1. The van der Waals surface area contributed by atoms with Crippen LogP contribution in [0.1, 0.15) is 10.5 Å². The van der Waals surface area contributed by atoms with Gasteiger partial charge in [-0.2, -0.15) is 4.72 Å². The molecule has 0 spiro atoms. The van der Waals surface area contributed by atoms with Crippen LogP contribution in [0.2, 0.25) is 0 Å². The predicted octanol–water partition coefficient (Wildman–Crippen LogP) is 1.94. The zero-order valence-corrected chi connectivity index (χ0v) is 15.7. The van der Waals surface area contributed by atoms with Crippen molar-refractivity contribution >= 4 is 38.5 Å². The molecule has 0 aliphatic heterocycles. The molecule has 28 heavy (non-hydrogen) atoms. The zero-order valence-electron chi connectivity index (χ0n) is 14.9. The number of hydrogen-bond donors (Lipinski definition) is 2. The maximum absolute atomic E-state index is 12.4. The highest BCUT2D eigenvalue weighted by molar-refractivity contribution is 7.89. The number of ether oxygens (including phenoxy) is 1. The van der Waals surface area contributed by atoms with Crippen molar-refractivity contribution in [2.75, 3.05) is 19.0 Å². The van der Waals surface area contributed by atoms with Gasteiger partial charge in [0.15, 0.2) is 0 Å². The fraction of sp³-hybridized carbons (Fsp3) is 0.105. The third kappa shape index (κ3) is 4.51. The van der Waals surface area contributed by atoms with E-state index in [9.17, 15) is 18.0 Å². The zero-order chi connectivity index (χ0) is 20.1. The van der Waals surface area contributed by atoms with Crippen molar-refractivity contribution in [3.63, 3.8) is 0 Å². The van der Waals surface area contributed by atoms with E-state index in [2.05, 4.69) is 19.8 Å². The van der Waals surface area contributed by atoms with Gasteiger partial charge in [0.1, 0.15) is 12.2 Å². The average Bonchev–Trinajstić information content (AvgIpc) is 2.72. The van der Waals surface area contributed by atoms with E-state index >= 15 is 0 Å². The summed E-state index contributed by atoms with van der Waals surface area (Å²) in [6, 6.07) is 16.4. The van der Waals surface area contributed by atoms with Gasteiger partial charge in [0.25, 0.3) is 5.91 Å². The van der Waals surface area contributed by atoms with Crippen LogP contribution < -0.4 is 10.0 Å². The Kier molecular flexibility index (Phi) is 5.67. The molecule has 0 atom stereocenters. The molecule has 0 fully saturated rings. The number of nitrogens with one attached hydrogen (secondary N) is 2. The average molecular weight is 399 g/mol. The molecule has 0 aliphatic rings. The van der Waals surface area contributed by atoms with Gasteiger partial charge in [0.2, 0.25) is 10.0 Å². The number of hydrogen-bond acceptors (Lipinski definition) is 6. The number of esters is 1. The fourth-order valence-corrected chi connectivity index (χ4v) is 3.38. The molecule has 1 aromatic heterocycles. The van der Waals surface area contributed by atoms with Gasteiger partial charge in [-0.1, -0.05) is 24.3 Å². The maximum atomic E-state index is 12.4. The summed E-state index contributed by atoms with van der Waals surface area (Å²) in [7, 11) is -2.70. The smallest absolute Gasteiger partial charge is 0.320 e. The number of pyridine rings is 1. The van der Waals surface area contributed by atoms with Gasteiger partial charge in [-0.25, -0.2) is 13.4 Å². The Bertz CT molecular complexity index is 1130. The van der Waals surface area contributed by atoms with Crippen LogP contribution in [-0.2, 0) is 19.6 Å². The van der Waals surface area contributed by atoms with Gasteiger partial charge in [0.05, 0.1) is 17.5 Å². The number of amides is 1. The number of para-hydroxylation sites is 1. The van der Waals surface area contributed by atoms with Gasteiger partial charge in [0, 0.05) is 11.1 Å². The Morgan fingerprint density at radius 1 is 1.00 bits per heavy atom. The van der Waals surface area contributed by atoms with Crippen molar-refractivity contribution in [3.8, 4) is 0 Å². The second-order valence-electron chi connectivity index (χ2n) is 5.77. The monoisotopic (exact) mass is 399 g/mol. The molecule has 0 bridgehead atoms. The Labute approximate surface area is 161 Å². The van der Waals surface area contributed by atoms with Crippen LogP contribution in [0.25, 0.3) is 10.9 Å². The van der Waals surface area contributed by atoms with Crippen molar-refractivity contribution in [1.29, 1.82) is 0 Å². The number of fused-ring (bicyclic) bond motifs is 1. The highest BCUT2D eigenvalue weighted by atomic mass is 32.2. The molecule has 0 radical (unpaired) electrons. The van der Waals surface area contributed by atoms with Crippen molar-refractivity contribution in [1.82, 2.24) is 9.71 Å². The lowest BCUT2D eigenvalue weighted by molar-refractivity contribution is -0.139. The number of carbonyl (C=O) groups is 2. The second kappa shape index (κ2) is 8.15. The minimum absolute atomic E-state index is 0.0433. The Morgan fingerprint density at radius 2 is 1.71 bits per heavy atom. The number of aromatic nitrogens is 1. The highest BCUT2D eigenvalue weighted by Gasteiger charge is 2.16. The van der Waals surface area contributed by atoms with Crippen LogP contribution in [0, 0.1) is 0 Å². The van der Waals surface area contributed by atoms with Crippen LogP contribution in [-0.4, -0.2) is 38.9 Å². The van der Waals surface area contributed by atoms with Gasteiger partial charge >= 0.3 is 5.97 Å². The van der Waals surface area contributed by atoms with E-state index in [-0.39, 0.29) is 10.6 Å². The van der Waals surface area contributed by atoms with Gasteiger partial charge in [-0.05, 0) is 36.4 Å². The van der Waals surface area contributed by atoms with E-state index in [0.29, 0.717) is 11.2 Å². The minimum atomic E-state index is -3.86. The Hall–Kier alpha value is -3.30. The van der Waals surface area contributed by atoms with Gasteiger partial charge in [-0.3, -0.25) is 9.59 Å². The standard InChI is InChI=1S/C19H17N3O5S/c1-27-18(23)12-20-28(25,26)15-9-7-14(8-10-15)21-19(24)17-11-6-13-4-2-3-5-16(13)22-17/h2-11,20H,12H2,1H3,(H,21,24). The summed E-state index contributed by atoms with van der Waals surface area (Å²) in [6.07, 6.45) is 0. The molecule has 1 amide bonds. The van der Waals surface area contributed by atoms with E-state index in [4.69, 9.17) is 0 Å². The van der Waals surface area contributed by atoms with E-state index in [0.717, 1.165) is 5.39 Å². The molecule has 8 nitrogen and oxygen atoms in total. The first-order chi connectivity index (χ1) is 13.4. The first-order valence-electron chi connectivity index (χ1n) is 8.23. The topological polar surface area (TPSA) is 114 Å². The summed E-state index contributed by atoms with van der Waals surface area (Å²) in [6.45, 7) is -0.467. The molecule has 2 aromatic carbocycles. The molecule has 9 heteroatoms. The lowest BCUT2D eigenvalue weighted by atomic mass is 10.2. The predicted molar refractivity (Wildman–Crippen MR) is 103 cm³/mol. The molecule has 0 aliphatic carbocycles. The molecule has 3 rings (SSSR count). The quantitative estimate of drug-likeness (QED) is 0.612. The molecule has 144 valence electrons. The number of benzene rings is 2.